The molecule has 9 heteroatoms. The van der Waals surface area contributed by atoms with Crippen molar-refractivity contribution in [2.45, 2.75) is 32.3 Å². The van der Waals surface area contributed by atoms with Gasteiger partial charge < -0.3 is 9.47 Å². The molecule has 1 amide bonds. The van der Waals surface area contributed by atoms with Gasteiger partial charge in [0.2, 0.25) is 5.09 Å². The van der Waals surface area contributed by atoms with Crippen LogP contribution in [0.4, 0.5) is 0 Å². The van der Waals surface area contributed by atoms with Crippen LogP contribution < -0.4 is 4.74 Å². The second kappa shape index (κ2) is 10.6. The molecular weight excluding hydrogens is 432 g/mol. The fourth-order valence-electron chi connectivity index (χ4n) is 3.01. The second-order valence-corrected chi connectivity index (χ2v) is 8.87. The number of ether oxygens (including phenoxy) is 2. The van der Waals surface area contributed by atoms with Crippen molar-refractivity contribution in [1.29, 1.82) is 5.26 Å². The first-order chi connectivity index (χ1) is 15.4. The van der Waals surface area contributed by atoms with Gasteiger partial charge in [-0.3, -0.25) is 9.59 Å². The van der Waals surface area contributed by atoms with Crippen LogP contribution in [0.2, 0.25) is 0 Å². The Morgan fingerprint density at radius 1 is 1.00 bits per heavy atom. The average Bonchev–Trinajstić information content (AvgIpc) is 3.01. The summed E-state index contributed by atoms with van der Waals surface area (Å²) in [7, 11) is -4.07. The quantitative estimate of drug-likeness (QED) is 0.400. The van der Waals surface area contributed by atoms with Crippen molar-refractivity contribution in [2.24, 2.45) is 0 Å². The largest absolute Gasteiger partial charge is 0.461 e. The predicted molar refractivity (Wildman–Crippen MR) is 115 cm³/mol. The number of amides is 1. The molecule has 8 nitrogen and oxygen atoms in total. The van der Waals surface area contributed by atoms with Gasteiger partial charge in [0.1, 0.15) is 12.4 Å². The van der Waals surface area contributed by atoms with Gasteiger partial charge in [-0.2, -0.15) is 13.7 Å². The van der Waals surface area contributed by atoms with Gasteiger partial charge in [-0.15, -0.1) is 0 Å². The summed E-state index contributed by atoms with van der Waals surface area (Å²) in [5.41, 5.74) is 1.31. The van der Waals surface area contributed by atoms with Crippen LogP contribution >= 0.6 is 0 Å². The average molecular weight is 455 g/mol. The van der Waals surface area contributed by atoms with Crippen LogP contribution in [0.25, 0.3) is 0 Å². The third-order valence-corrected chi connectivity index (χ3v) is 6.37. The van der Waals surface area contributed by atoms with E-state index in [0.717, 1.165) is 15.9 Å². The monoisotopic (exact) mass is 454 g/mol. The number of unbranched alkanes of at least 4 members (excludes halogenated alkanes) is 2. The molecule has 166 valence electrons. The minimum Gasteiger partial charge on any atom is -0.461 e. The van der Waals surface area contributed by atoms with Gasteiger partial charge in [0.25, 0.3) is 15.9 Å². The molecule has 0 aromatic heterocycles. The number of carbonyl (C=O) groups excluding carboxylic acids is 2. The number of nitrogens with zero attached hydrogens (tertiary/aromatic N) is 2. The number of sulfonamides is 1. The van der Waals surface area contributed by atoms with Gasteiger partial charge in [0.15, 0.2) is 0 Å². The molecule has 0 spiro atoms. The Kier molecular flexibility index (Phi) is 7.63. The van der Waals surface area contributed by atoms with Gasteiger partial charge in [0.05, 0.1) is 17.7 Å². The van der Waals surface area contributed by atoms with E-state index in [1.165, 1.54) is 24.3 Å². The number of hydrogen-bond acceptors (Lipinski definition) is 7. The number of carbonyl (C=O) groups is 2. The van der Waals surface area contributed by atoms with Gasteiger partial charge in [-0.05, 0) is 42.7 Å². The summed E-state index contributed by atoms with van der Waals surface area (Å²) < 4.78 is 36.5. The van der Waals surface area contributed by atoms with Crippen LogP contribution in [0.1, 0.15) is 36.8 Å². The van der Waals surface area contributed by atoms with E-state index in [1.54, 1.807) is 0 Å². The van der Waals surface area contributed by atoms with E-state index in [9.17, 15) is 18.0 Å². The summed E-state index contributed by atoms with van der Waals surface area (Å²) in [4.78, 5) is 24.0. The van der Waals surface area contributed by atoms with Gasteiger partial charge in [-0.25, -0.2) is 4.31 Å². The molecule has 2 aromatic carbocycles. The molecule has 0 bridgehead atoms. The fourth-order valence-corrected chi connectivity index (χ4v) is 4.34. The Hall–Kier alpha value is -3.64. The molecule has 1 aliphatic rings. The van der Waals surface area contributed by atoms with Crippen LogP contribution in [-0.2, 0) is 31.0 Å². The summed E-state index contributed by atoms with van der Waals surface area (Å²) in [6, 6.07) is 17.2. The second-order valence-electron chi connectivity index (χ2n) is 7.07. The minimum atomic E-state index is -4.07. The SMILES string of the molecule is N#Cc1ccc(OC2=CC(=O)N(CCCCCC(=O)OCc3ccccc3)S2(=O)=O)cc1. The number of hydrogen-bond donors (Lipinski definition) is 0. The maximum Gasteiger partial charge on any atom is 0.306 e. The minimum absolute atomic E-state index is 0.00302. The fraction of sp³-hybridized carbons (Fsp3) is 0.261. The Labute approximate surface area is 186 Å². The molecule has 0 saturated heterocycles. The first-order valence-corrected chi connectivity index (χ1v) is 11.5. The maximum atomic E-state index is 12.6. The molecule has 0 atom stereocenters. The van der Waals surface area contributed by atoms with E-state index in [0.29, 0.717) is 24.8 Å². The zero-order valence-corrected chi connectivity index (χ0v) is 18.1. The van der Waals surface area contributed by atoms with Crippen LogP contribution in [-0.4, -0.2) is 31.1 Å². The van der Waals surface area contributed by atoms with Crippen molar-refractivity contribution >= 4 is 21.9 Å². The highest BCUT2D eigenvalue weighted by Gasteiger charge is 2.39. The standard InChI is InChI=1S/C23H22N2O6S/c24-16-18-10-12-20(13-11-18)31-23-15-21(26)25(32(23,28)29)14-6-2-5-9-22(27)30-17-19-7-3-1-4-8-19/h1,3-4,7-8,10-13,15H,2,5-6,9,14,17H2. The van der Waals surface area contributed by atoms with E-state index >= 15 is 0 Å². The Balaban J connectivity index is 1.41. The predicted octanol–water partition coefficient (Wildman–Crippen LogP) is 3.25. The van der Waals surface area contributed by atoms with E-state index in [4.69, 9.17) is 14.7 Å². The Bertz CT molecular complexity index is 1140. The van der Waals surface area contributed by atoms with Crippen molar-refractivity contribution in [1.82, 2.24) is 4.31 Å². The summed E-state index contributed by atoms with van der Waals surface area (Å²) in [6.45, 7) is 0.213. The summed E-state index contributed by atoms with van der Waals surface area (Å²) >= 11 is 0. The molecule has 0 aliphatic carbocycles. The smallest absolute Gasteiger partial charge is 0.306 e. The molecule has 0 saturated carbocycles. The number of nitriles is 1. The number of benzene rings is 2. The van der Waals surface area contributed by atoms with Crippen molar-refractivity contribution in [3.05, 3.63) is 76.9 Å². The highest BCUT2D eigenvalue weighted by atomic mass is 32.2. The van der Waals surface area contributed by atoms with E-state index in [-0.39, 0.29) is 31.3 Å². The molecule has 0 N–H and O–H groups in total. The lowest BCUT2D eigenvalue weighted by molar-refractivity contribution is -0.145. The van der Waals surface area contributed by atoms with Crippen molar-refractivity contribution in [2.75, 3.05) is 6.54 Å². The maximum absolute atomic E-state index is 12.6. The van der Waals surface area contributed by atoms with Crippen LogP contribution in [0.3, 0.4) is 0 Å². The van der Waals surface area contributed by atoms with Crippen LogP contribution in [0.5, 0.6) is 5.75 Å². The molecule has 1 heterocycles. The zero-order chi connectivity index (χ0) is 23.0. The van der Waals surface area contributed by atoms with Crippen LogP contribution in [0.15, 0.2) is 65.8 Å². The molecule has 3 rings (SSSR count). The molecule has 0 unspecified atom stereocenters. The van der Waals surface area contributed by atoms with Crippen molar-refractivity contribution < 1.29 is 27.5 Å². The zero-order valence-electron chi connectivity index (χ0n) is 17.3. The Morgan fingerprint density at radius 3 is 2.41 bits per heavy atom. The third-order valence-electron chi connectivity index (χ3n) is 4.72. The van der Waals surface area contributed by atoms with Crippen LogP contribution in [0, 0.1) is 11.3 Å². The van der Waals surface area contributed by atoms with E-state index in [2.05, 4.69) is 0 Å². The molecule has 1 aliphatic heterocycles. The summed E-state index contributed by atoms with van der Waals surface area (Å²) in [5.74, 6) is -0.781. The molecule has 0 radical (unpaired) electrons. The normalized spacial score (nSPS) is 14.5. The van der Waals surface area contributed by atoms with E-state index < -0.39 is 21.0 Å². The van der Waals surface area contributed by atoms with Gasteiger partial charge >= 0.3 is 5.97 Å². The topological polar surface area (TPSA) is 114 Å². The summed E-state index contributed by atoms with van der Waals surface area (Å²) in [5, 5.41) is 8.37. The van der Waals surface area contributed by atoms with Crippen molar-refractivity contribution in [3.8, 4) is 11.8 Å². The number of rotatable bonds is 10. The summed E-state index contributed by atoms with van der Waals surface area (Å²) in [6.07, 6.45) is 2.66. The van der Waals surface area contributed by atoms with Crippen molar-refractivity contribution in [3.63, 3.8) is 0 Å². The lowest BCUT2D eigenvalue weighted by Gasteiger charge is -2.16. The molecule has 0 fully saturated rings. The van der Waals surface area contributed by atoms with Gasteiger partial charge in [-0.1, -0.05) is 36.8 Å². The molecular formula is C23H22N2O6S. The first kappa shape index (κ1) is 23.0. The highest BCUT2D eigenvalue weighted by molar-refractivity contribution is 7.93. The van der Waals surface area contributed by atoms with E-state index in [1.807, 2.05) is 36.4 Å². The molecule has 32 heavy (non-hydrogen) atoms. The lowest BCUT2D eigenvalue weighted by atomic mass is 10.2. The first-order valence-electron chi connectivity index (χ1n) is 10.1. The Morgan fingerprint density at radius 2 is 1.72 bits per heavy atom. The van der Waals surface area contributed by atoms with Gasteiger partial charge in [0, 0.05) is 13.0 Å². The molecule has 2 aromatic rings. The number of esters is 1. The third kappa shape index (κ3) is 5.95. The lowest BCUT2D eigenvalue weighted by Crippen LogP contribution is -2.32. The highest BCUT2D eigenvalue weighted by Crippen LogP contribution is 2.26.